The van der Waals surface area contributed by atoms with Crippen LogP contribution in [0.1, 0.15) is 31.7 Å². The first kappa shape index (κ1) is 14.3. The third-order valence-electron chi connectivity index (χ3n) is 4.84. The molecule has 0 bridgehead atoms. The molecule has 2 aromatic carbocycles. The normalized spacial score (nSPS) is 11.7. The molecule has 4 aromatic rings. The van der Waals surface area contributed by atoms with Crippen molar-refractivity contribution in [3.8, 4) is 0 Å². The van der Waals surface area contributed by atoms with Crippen molar-refractivity contribution in [3.05, 3.63) is 54.1 Å². The minimum Gasteiger partial charge on any atom is -0.325 e. The Hall–Kier alpha value is -2.35. The van der Waals surface area contributed by atoms with Crippen LogP contribution in [0.15, 0.2) is 48.5 Å². The van der Waals surface area contributed by atoms with Gasteiger partial charge in [0.15, 0.2) is 0 Å². The van der Waals surface area contributed by atoms with Gasteiger partial charge in [0, 0.05) is 22.7 Å². The number of hydrogen-bond donors (Lipinski definition) is 0. The minimum atomic E-state index is 1.04. The average molecular weight is 302 g/mol. The molecular weight excluding hydrogens is 280 g/mol. The summed E-state index contributed by atoms with van der Waals surface area (Å²) in [5, 5.41) is 3.90. The predicted molar refractivity (Wildman–Crippen MR) is 99.0 cm³/mol. The number of rotatable bonds is 4. The highest BCUT2D eigenvalue weighted by Gasteiger charge is 2.15. The molecule has 0 spiro atoms. The number of unbranched alkanes of at least 4 members (excludes halogenated alkanes) is 2. The molecule has 2 heteroatoms. The molecule has 4 rings (SSSR count). The van der Waals surface area contributed by atoms with Crippen molar-refractivity contribution in [1.82, 2.24) is 9.55 Å². The zero-order valence-electron chi connectivity index (χ0n) is 13.8. The van der Waals surface area contributed by atoms with Gasteiger partial charge in [-0.05, 0) is 31.0 Å². The number of nitrogens with zero attached hydrogens (tertiary/aromatic N) is 2. The van der Waals surface area contributed by atoms with Gasteiger partial charge >= 0.3 is 0 Å². The second kappa shape index (κ2) is 5.69. The van der Waals surface area contributed by atoms with Gasteiger partial charge in [-0.15, -0.1) is 0 Å². The first-order chi connectivity index (χ1) is 11.3. The van der Waals surface area contributed by atoms with Crippen LogP contribution < -0.4 is 0 Å². The molecule has 0 unspecified atom stereocenters. The van der Waals surface area contributed by atoms with Gasteiger partial charge in [-0.1, -0.05) is 56.2 Å². The van der Waals surface area contributed by atoms with Crippen LogP contribution in [0.5, 0.6) is 0 Å². The van der Waals surface area contributed by atoms with Gasteiger partial charge in [-0.2, -0.15) is 0 Å². The van der Waals surface area contributed by atoms with Crippen LogP contribution in [0.3, 0.4) is 0 Å². The molecule has 0 radical (unpaired) electrons. The van der Waals surface area contributed by atoms with Crippen molar-refractivity contribution in [1.29, 1.82) is 0 Å². The van der Waals surface area contributed by atoms with Crippen LogP contribution in [0.4, 0.5) is 0 Å². The zero-order chi connectivity index (χ0) is 15.8. The summed E-state index contributed by atoms with van der Waals surface area (Å²) in [4.78, 5) is 5.02. The lowest BCUT2D eigenvalue weighted by molar-refractivity contribution is 0.625. The summed E-state index contributed by atoms with van der Waals surface area (Å²) < 4.78 is 2.42. The van der Waals surface area contributed by atoms with E-state index in [1.807, 2.05) is 0 Å². The molecule has 0 saturated carbocycles. The first-order valence-electron chi connectivity index (χ1n) is 8.57. The fraction of sp³-hybridized carbons (Fsp3) is 0.286. The Morgan fingerprint density at radius 1 is 0.913 bits per heavy atom. The molecule has 2 nitrogen and oxygen atoms in total. The molecule has 2 aromatic heterocycles. The Morgan fingerprint density at radius 2 is 1.65 bits per heavy atom. The Balaban J connectivity index is 2.08. The Morgan fingerprint density at radius 3 is 2.48 bits per heavy atom. The van der Waals surface area contributed by atoms with Gasteiger partial charge in [0.05, 0.1) is 11.0 Å². The fourth-order valence-corrected chi connectivity index (χ4v) is 3.66. The van der Waals surface area contributed by atoms with Gasteiger partial charge in [0.1, 0.15) is 5.65 Å². The van der Waals surface area contributed by atoms with Crippen molar-refractivity contribution < 1.29 is 0 Å². The summed E-state index contributed by atoms with van der Waals surface area (Å²) in [6.07, 6.45) is 3.71. The fourth-order valence-electron chi connectivity index (χ4n) is 3.66. The van der Waals surface area contributed by atoms with Crippen molar-refractivity contribution in [2.75, 3.05) is 0 Å². The number of benzene rings is 2. The Bertz CT molecular complexity index is 995. The van der Waals surface area contributed by atoms with E-state index in [2.05, 4.69) is 66.9 Å². The van der Waals surface area contributed by atoms with Crippen LogP contribution in [-0.4, -0.2) is 9.55 Å². The molecule has 116 valence electrons. The van der Waals surface area contributed by atoms with E-state index in [1.165, 1.54) is 46.5 Å². The number of hydrogen-bond acceptors (Lipinski definition) is 1. The molecule has 2 heterocycles. The summed E-state index contributed by atoms with van der Waals surface area (Å²) in [6, 6.07) is 17.2. The van der Waals surface area contributed by atoms with Crippen molar-refractivity contribution in [2.24, 2.45) is 0 Å². The quantitative estimate of drug-likeness (QED) is 0.433. The largest absolute Gasteiger partial charge is 0.325 e. The van der Waals surface area contributed by atoms with Gasteiger partial charge in [0.2, 0.25) is 0 Å². The Labute approximate surface area is 136 Å². The van der Waals surface area contributed by atoms with Crippen LogP contribution in [0, 0.1) is 6.92 Å². The van der Waals surface area contributed by atoms with Crippen molar-refractivity contribution >= 4 is 32.8 Å². The standard InChI is InChI=1S/C21H22N2/c1-3-4-9-14-23-19-13-8-6-11-17(19)20-15(2)16-10-5-7-12-18(16)22-21(20)23/h5-8,10-13H,3-4,9,14H2,1-2H3. The molecule has 0 aliphatic rings. The highest BCUT2D eigenvalue weighted by Crippen LogP contribution is 2.34. The highest BCUT2D eigenvalue weighted by molar-refractivity contribution is 6.12. The van der Waals surface area contributed by atoms with E-state index in [0.29, 0.717) is 0 Å². The van der Waals surface area contributed by atoms with Crippen LogP contribution in [0.25, 0.3) is 32.8 Å². The third-order valence-corrected chi connectivity index (χ3v) is 4.84. The number of aromatic nitrogens is 2. The summed E-state index contributed by atoms with van der Waals surface area (Å²) in [6.45, 7) is 5.53. The molecule has 0 aliphatic carbocycles. The monoisotopic (exact) mass is 302 g/mol. The molecule has 0 amide bonds. The molecule has 0 saturated heterocycles. The van der Waals surface area contributed by atoms with E-state index in [-0.39, 0.29) is 0 Å². The molecular formula is C21H22N2. The number of pyridine rings is 1. The molecule has 0 aliphatic heterocycles. The number of para-hydroxylation sites is 2. The second-order valence-electron chi connectivity index (χ2n) is 6.33. The van der Waals surface area contributed by atoms with Gasteiger partial charge in [0.25, 0.3) is 0 Å². The van der Waals surface area contributed by atoms with Gasteiger partial charge in [-0.25, -0.2) is 4.98 Å². The maximum atomic E-state index is 5.02. The SMILES string of the molecule is CCCCCn1c2ccccc2c2c(C)c3ccccc3nc21. The third kappa shape index (κ3) is 2.21. The lowest BCUT2D eigenvalue weighted by atomic mass is 10.0. The maximum absolute atomic E-state index is 5.02. The summed E-state index contributed by atoms with van der Waals surface area (Å²) >= 11 is 0. The zero-order valence-corrected chi connectivity index (χ0v) is 13.8. The van der Waals surface area contributed by atoms with Crippen molar-refractivity contribution in [3.63, 3.8) is 0 Å². The van der Waals surface area contributed by atoms with Crippen LogP contribution in [-0.2, 0) is 6.54 Å². The van der Waals surface area contributed by atoms with E-state index in [0.717, 1.165) is 17.7 Å². The van der Waals surface area contributed by atoms with E-state index in [9.17, 15) is 0 Å². The smallest absolute Gasteiger partial charge is 0.141 e. The lowest BCUT2D eigenvalue weighted by Crippen LogP contribution is -1.99. The van der Waals surface area contributed by atoms with E-state index < -0.39 is 0 Å². The lowest BCUT2D eigenvalue weighted by Gasteiger charge is -2.08. The molecule has 0 N–H and O–H groups in total. The average Bonchev–Trinajstić information content (AvgIpc) is 2.90. The van der Waals surface area contributed by atoms with Crippen LogP contribution >= 0.6 is 0 Å². The maximum Gasteiger partial charge on any atom is 0.141 e. The van der Waals surface area contributed by atoms with Crippen LogP contribution in [0.2, 0.25) is 0 Å². The van der Waals surface area contributed by atoms with Crippen molar-refractivity contribution in [2.45, 2.75) is 39.7 Å². The number of aryl methyl sites for hydroxylation is 2. The second-order valence-corrected chi connectivity index (χ2v) is 6.33. The number of fused-ring (bicyclic) bond motifs is 4. The minimum absolute atomic E-state index is 1.04. The van der Waals surface area contributed by atoms with E-state index in [4.69, 9.17) is 4.98 Å². The van der Waals surface area contributed by atoms with Gasteiger partial charge in [-0.3, -0.25) is 0 Å². The molecule has 0 fully saturated rings. The summed E-state index contributed by atoms with van der Waals surface area (Å²) in [7, 11) is 0. The summed E-state index contributed by atoms with van der Waals surface area (Å²) in [5.41, 5.74) is 4.89. The summed E-state index contributed by atoms with van der Waals surface area (Å²) in [5.74, 6) is 0. The highest BCUT2D eigenvalue weighted by atomic mass is 15.0. The Kier molecular flexibility index (Phi) is 3.53. The molecule has 0 atom stereocenters. The first-order valence-corrected chi connectivity index (χ1v) is 8.57. The van der Waals surface area contributed by atoms with Gasteiger partial charge < -0.3 is 4.57 Å². The molecule has 23 heavy (non-hydrogen) atoms. The topological polar surface area (TPSA) is 17.8 Å². The predicted octanol–water partition coefficient (Wildman–Crippen LogP) is 5.84. The van der Waals surface area contributed by atoms with E-state index in [1.54, 1.807) is 0 Å². The van der Waals surface area contributed by atoms with E-state index >= 15 is 0 Å².